The van der Waals surface area contributed by atoms with Gasteiger partial charge in [0.25, 0.3) is 0 Å². The van der Waals surface area contributed by atoms with Crippen molar-refractivity contribution in [3.05, 3.63) is 18.3 Å². The van der Waals surface area contributed by atoms with E-state index in [1.165, 1.54) is 0 Å². The monoisotopic (exact) mass is 346 g/mol. The largest absolute Gasteiger partial charge is 0.496 e. The van der Waals surface area contributed by atoms with Crippen molar-refractivity contribution in [1.82, 2.24) is 4.98 Å². The Morgan fingerprint density at radius 2 is 1.56 bits per heavy atom. The van der Waals surface area contributed by atoms with Crippen molar-refractivity contribution in [2.45, 2.75) is 57.5 Å². The molecule has 4 rings (SSSR count). The highest BCUT2D eigenvalue weighted by Gasteiger charge is 2.51. The Hall–Kier alpha value is -1.15. The summed E-state index contributed by atoms with van der Waals surface area (Å²) in [6, 6.07) is 4.10. The van der Waals surface area contributed by atoms with Crippen LogP contribution in [0.2, 0.25) is 0 Å². The van der Waals surface area contributed by atoms with Crippen LogP contribution in [-0.2, 0) is 18.8 Å². The first kappa shape index (κ1) is 17.3. The van der Waals surface area contributed by atoms with E-state index in [0.717, 1.165) is 37.2 Å². The second-order valence-electron chi connectivity index (χ2n) is 8.13. The number of piperidine rings is 1. The molecule has 0 radical (unpaired) electrons. The van der Waals surface area contributed by atoms with Crippen LogP contribution in [0.3, 0.4) is 0 Å². The Morgan fingerprint density at radius 1 is 0.960 bits per heavy atom. The fourth-order valence-electron chi connectivity index (χ4n) is 3.57. The summed E-state index contributed by atoms with van der Waals surface area (Å²) in [6.45, 7) is 11.4. The minimum atomic E-state index is -0.364. The number of aromatic nitrogens is 1. The van der Waals surface area contributed by atoms with Gasteiger partial charge in [-0.15, -0.1) is 0 Å². The van der Waals surface area contributed by atoms with Gasteiger partial charge in [-0.3, -0.25) is 0 Å². The summed E-state index contributed by atoms with van der Waals surface area (Å²) in [4.78, 5) is 6.92. The summed E-state index contributed by atoms with van der Waals surface area (Å²) in [6.07, 6.45) is 3.63. The van der Waals surface area contributed by atoms with Gasteiger partial charge in [0.05, 0.1) is 24.4 Å². The van der Waals surface area contributed by atoms with E-state index in [1.54, 1.807) is 0 Å². The summed E-state index contributed by atoms with van der Waals surface area (Å²) in [5, 5.41) is 0. The molecule has 0 bridgehead atoms. The first-order valence-corrected chi connectivity index (χ1v) is 9.15. The molecular formula is C18H27BN2O4. The lowest BCUT2D eigenvalue weighted by molar-refractivity contribution is -0.169. The summed E-state index contributed by atoms with van der Waals surface area (Å²) in [7, 11) is -0.364. The highest BCUT2D eigenvalue weighted by atomic mass is 16.7. The number of pyridine rings is 1. The highest BCUT2D eigenvalue weighted by molar-refractivity contribution is 6.62. The van der Waals surface area contributed by atoms with Gasteiger partial charge >= 0.3 is 7.12 Å². The second-order valence-corrected chi connectivity index (χ2v) is 8.13. The quantitative estimate of drug-likeness (QED) is 0.761. The molecule has 4 heterocycles. The molecule has 136 valence electrons. The van der Waals surface area contributed by atoms with E-state index in [1.807, 2.05) is 6.20 Å². The van der Waals surface area contributed by atoms with Crippen LogP contribution in [0.1, 0.15) is 40.5 Å². The van der Waals surface area contributed by atoms with E-state index in [4.69, 9.17) is 18.8 Å². The van der Waals surface area contributed by atoms with Gasteiger partial charge in [0, 0.05) is 37.6 Å². The minimum Gasteiger partial charge on any atom is -0.399 e. The Bertz CT molecular complexity index is 602. The van der Waals surface area contributed by atoms with Crippen molar-refractivity contribution in [1.29, 1.82) is 0 Å². The molecule has 0 unspecified atom stereocenters. The molecule has 1 aromatic rings. The third-order valence-corrected chi connectivity index (χ3v) is 5.96. The molecule has 3 aliphatic heterocycles. The third-order valence-electron chi connectivity index (χ3n) is 5.96. The molecule has 1 aromatic heterocycles. The predicted molar refractivity (Wildman–Crippen MR) is 96.0 cm³/mol. The van der Waals surface area contributed by atoms with Crippen molar-refractivity contribution in [3.63, 3.8) is 0 Å². The Morgan fingerprint density at radius 3 is 2.08 bits per heavy atom. The zero-order valence-corrected chi connectivity index (χ0v) is 15.6. The van der Waals surface area contributed by atoms with Crippen molar-refractivity contribution < 1.29 is 18.8 Å². The highest BCUT2D eigenvalue weighted by Crippen LogP contribution is 2.36. The lowest BCUT2D eigenvalue weighted by Gasteiger charge is -2.38. The molecule has 7 heteroatoms. The van der Waals surface area contributed by atoms with Crippen LogP contribution in [0.4, 0.5) is 5.82 Å². The molecule has 0 amide bonds. The summed E-state index contributed by atoms with van der Waals surface area (Å²) < 4.78 is 23.8. The van der Waals surface area contributed by atoms with Gasteiger partial charge in [0.1, 0.15) is 5.82 Å². The molecule has 3 aliphatic rings. The van der Waals surface area contributed by atoms with Crippen molar-refractivity contribution >= 4 is 18.4 Å². The number of anilines is 1. The third kappa shape index (κ3) is 3.08. The molecule has 0 atom stereocenters. The molecule has 1 spiro atoms. The van der Waals surface area contributed by atoms with Crippen molar-refractivity contribution in [2.24, 2.45) is 0 Å². The number of hydrogen-bond acceptors (Lipinski definition) is 6. The Kier molecular flexibility index (Phi) is 4.11. The predicted octanol–water partition coefficient (Wildman–Crippen LogP) is 1.72. The molecule has 0 aliphatic carbocycles. The van der Waals surface area contributed by atoms with Gasteiger partial charge < -0.3 is 23.7 Å². The van der Waals surface area contributed by atoms with Crippen LogP contribution in [0.5, 0.6) is 0 Å². The summed E-state index contributed by atoms with van der Waals surface area (Å²) in [5.41, 5.74) is 0.288. The number of hydrogen-bond donors (Lipinski definition) is 0. The van der Waals surface area contributed by atoms with Gasteiger partial charge in [0.15, 0.2) is 5.79 Å². The first-order valence-electron chi connectivity index (χ1n) is 9.15. The first-order chi connectivity index (χ1) is 11.8. The summed E-state index contributed by atoms with van der Waals surface area (Å²) in [5.74, 6) is 0.632. The maximum atomic E-state index is 6.09. The van der Waals surface area contributed by atoms with Gasteiger partial charge in [0.2, 0.25) is 0 Å². The molecule has 3 fully saturated rings. The maximum absolute atomic E-state index is 6.09. The maximum Gasteiger partial charge on any atom is 0.496 e. The standard InChI is InChI=1S/C18H27BN2O4/c1-16(2)17(3,4)25-19(24-16)14-5-6-15(20-13-14)21-9-7-18(8-10-21)22-11-12-23-18/h5-6,13H,7-12H2,1-4H3. The smallest absolute Gasteiger partial charge is 0.399 e. The molecular weight excluding hydrogens is 319 g/mol. The molecule has 0 aromatic carbocycles. The number of rotatable bonds is 2. The number of nitrogens with zero attached hydrogens (tertiary/aromatic N) is 2. The molecule has 0 saturated carbocycles. The van der Waals surface area contributed by atoms with Crippen LogP contribution >= 0.6 is 0 Å². The van der Waals surface area contributed by atoms with Gasteiger partial charge in [-0.2, -0.15) is 0 Å². The van der Waals surface area contributed by atoms with Crippen molar-refractivity contribution in [3.8, 4) is 0 Å². The van der Waals surface area contributed by atoms with E-state index in [0.29, 0.717) is 13.2 Å². The van der Waals surface area contributed by atoms with Crippen LogP contribution in [0, 0.1) is 0 Å². The fourth-order valence-corrected chi connectivity index (χ4v) is 3.57. The van der Waals surface area contributed by atoms with Crippen molar-refractivity contribution in [2.75, 3.05) is 31.2 Å². The lowest BCUT2D eigenvalue weighted by Crippen LogP contribution is -2.45. The van der Waals surface area contributed by atoms with E-state index in [2.05, 4.69) is 49.7 Å². The summed E-state index contributed by atoms with van der Waals surface area (Å²) >= 11 is 0. The van der Waals surface area contributed by atoms with Crippen LogP contribution in [0.15, 0.2) is 18.3 Å². The fraction of sp³-hybridized carbons (Fsp3) is 0.722. The van der Waals surface area contributed by atoms with Crippen LogP contribution in [0.25, 0.3) is 0 Å². The Labute approximate surface area is 149 Å². The van der Waals surface area contributed by atoms with Crippen LogP contribution in [-0.4, -0.2) is 55.4 Å². The minimum absolute atomic E-state index is 0.335. The average Bonchev–Trinajstić information content (AvgIpc) is 3.11. The van der Waals surface area contributed by atoms with Gasteiger partial charge in [-0.1, -0.05) is 6.07 Å². The second kappa shape index (κ2) is 5.94. The molecule has 0 N–H and O–H groups in total. The molecule has 3 saturated heterocycles. The van der Waals surface area contributed by atoms with Gasteiger partial charge in [-0.05, 0) is 33.8 Å². The zero-order valence-electron chi connectivity index (χ0n) is 15.6. The zero-order chi connectivity index (χ0) is 17.7. The van der Waals surface area contributed by atoms with E-state index >= 15 is 0 Å². The average molecular weight is 346 g/mol. The Balaban J connectivity index is 1.41. The lowest BCUT2D eigenvalue weighted by atomic mass is 9.80. The van der Waals surface area contributed by atoms with E-state index in [-0.39, 0.29) is 24.1 Å². The van der Waals surface area contributed by atoms with Gasteiger partial charge in [-0.25, -0.2) is 4.98 Å². The molecule has 6 nitrogen and oxygen atoms in total. The SMILES string of the molecule is CC1(C)OB(c2ccc(N3CCC4(CC3)OCCO4)nc2)OC1(C)C. The normalized spacial score (nSPS) is 27.2. The van der Waals surface area contributed by atoms with E-state index in [9.17, 15) is 0 Å². The van der Waals surface area contributed by atoms with Crippen LogP contribution < -0.4 is 10.4 Å². The van der Waals surface area contributed by atoms with E-state index < -0.39 is 0 Å². The topological polar surface area (TPSA) is 53.1 Å². The number of ether oxygens (including phenoxy) is 2. The molecule has 25 heavy (non-hydrogen) atoms.